The highest BCUT2D eigenvalue weighted by atomic mass is 19.1. The average molecular weight is 299 g/mol. The van der Waals surface area contributed by atoms with Crippen molar-refractivity contribution in [2.75, 3.05) is 13.1 Å². The molecule has 0 atom stereocenters. The van der Waals surface area contributed by atoms with Crippen LogP contribution in [-0.4, -0.2) is 45.7 Å². The number of carbonyl (C=O) groups excluding carboxylic acids is 1. The lowest BCUT2D eigenvalue weighted by Crippen LogP contribution is -2.51. The standard InChI is InChI=1S/C14H15F2NO4/c15-10-1-2-11(16)9(7-10)8-12(18)17-5-3-14(21,4-6-17)13(19)20/h1-2,7,21H,3-6,8H2,(H,19,20). The number of amides is 1. The summed E-state index contributed by atoms with van der Waals surface area (Å²) in [6.07, 6.45) is -0.464. The normalized spacial score (nSPS) is 17.6. The first-order valence-electron chi connectivity index (χ1n) is 6.49. The van der Waals surface area contributed by atoms with Crippen LogP contribution in [0, 0.1) is 11.6 Å². The molecule has 2 N–H and O–H groups in total. The van der Waals surface area contributed by atoms with E-state index in [1.165, 1.54) is 4.90 Å². The van der Waals surface area contributed by atoms with Crippen molar-refractivity contribution >= 4 is 11.9 Å². The van der Waals surface area contributed by atoms with Crippen molar-refractivity contribution < 1.29 is 28.6 Å². The highest BCUT2D eigenvalue weighted by Crippen LogP contribution is 2.23. The second-order valence-corrected chi connectivity index (χ2v) is 5.13. The fourth-order valence-corrected chi connectivity index (χ4v) is 2.29. The van der Waals surface area contributed by atoms with Gasteiger partial charge in [-0.3, -0.25) is 4.79 Å². The van der Waals surface area contributed by atoms with Gasteiger partial charge in [-0.05, 0) is 18.2 Å². The Morgan fingerprint density at radius 3 is 2.43 bits per heavy atom. The summed E-state index contributed by atoms with van der Waals surface area (Å²) < 4.78 is 26.5. The summed E-state index contributed by atoms with van der Waals surface area (Å²) in [5.41, 5.74) is -1.86. The number of aliphatic carboxylic acids is 1. The molecule has 0 spiro atoms. The minimum atomic E-state index is -1.82. The highest BCUT2D eigenvalue weighted by molar-refractivity contribution is 5.80. The summed E-state index contributed by atoms with van der Waals surface area (Å²) in [7, 11) is 0. The van der Waals surface area contributed by atoms with Crippen molar-refractivity contribution in [2.24, 2.45) is 0 Å². The molecule has 0 saturated carbocycles. The van der Waals surface area contributed by atoms with Gasteiger partial charge in [-0.25, -0.2) is 13.6 Å². The van der Waals surface area contributed by atoms with Crippen molar-refractivity contribution in [3.05, 3.63) is 35.4 Å². The van der Waals surface area contributed by atoms with Crippen LogP contribution in [0.3, 0.4) is 0 Å². The van der Waals surface area contributed by atoms with Crippen LogP contribution in [0.5, 0.6) is 0 Å². The fourth-order valence-electron chi connectivity index (χ4n) is 2.29. The molecule has 1 fully saturated rings. The van der Waals surface area contributed by atoms with Gasteiger partial charge in [0.1, 0.15) is 11.6 Å². The summed E-state index contributed by atoms with van der Waals surface area (Å²) in [6, 6.07) is 2.89. The predicted octanol–water partition coefficient (Wildman–Crippen LogP) is 0.945. The van der Waals surface area contributed by atoms with Gasteiger partial charge in [-0.2, -0.15) is 0 Å². The first-order chi connectivity index (χ1) is 9.82. The number of hydrogen-bond donors (Lipinski definition) is 2. The summed E-state index contributed by atoms with van der Waals surface area (Å²) in [4.78, 5) is 24.2. The number of carboxylic acids is 1. The molecule has 2 rings (SSSR count). The van der Waals surface area contributed by atoms with E-state index in [9.17, 15) is 23.5 Å². The Balaban J connectivity index is 2.00. The Labute approximate surface area is 119 Å². The molecule has 0 aromatic heterocycles. The topological polar surface area (TPSA) is 77.8 Å². The molecule has 0 aliphatic carbocycles. The summed E-state index contributed by atoms with van der Waals surface area (Å²) in [6.45, 7) is 0.136. The quantitative estimate of drug-likeness (QED) is 0.871. The van der Waals surface area contributed by atoms with Crippen LogP contribution in [0.2, 0.25) is 0 Å². The largest absolute Gasteiger partial charge is 0.479 e. The molecule has 21 heavy (non-hydrogen) atoms. The number of benzene rings is 1. The van der Waals surface area contributed by atoms with E-state index in [2.05, 4.69) is 0 Å². The Morgan fingerprint density at radius 2 is 1.86 bits per heavy atom. The van der Waals surface area contributed by atoms with Gasteiger partial charge in [0, 0.05) is 31.5 Å². The van der Waals surface area contributed by atoms with Gasteiger partial charge in [0.05, 0.1) is 6.42 Å². The molecule has 0 radical (unpaired) electrons. The lowest BCUT2D eigenvalue weighted by atomic mass is 9.91. The molecular weight excluding hydrogens is 284 g/mol. The maximum atomic E-state index is 13.5. The molecule has 7 heteroatoms. The second-order valence-electron chi connectivity index (χ2n) is 5.13. The number of nitrogens with zero attached hydrogens (tertiary/aromatic N) is 1. The average Bonchev–Trinajstić information content (AvgIpc) is 2.43. The lowest BCUT2D eigenvalue weighted by molar-refractivity contribution is -0.165. The van der Waals surface area contributed by atoms with Crippen LogP contribution in [-0.2, 0) is 16.0 Å². The van der Waals surface area contributed by atoms with Crippen molar-refractivity contribution in [1.82, 2.24) is 4.90 Å². The van der Waals surface area contributed by atoms with Gasteiger partial charge < -0.3 is 15.1 Å². The fraction of sp³-hybridized carbons (Fsp3) is 0.429. The third kappa shape index (κ3) is 3.36. The zero-order valence-corrected chi connectivity index (χ0v) is 11.2. The molecule has 0 bridgehead atoms. The van der Waals surface area contributed by atoms with Gasteiger partial charge in [0.2, 0.25) is 5.91 Å². The predicted molar refractivity (Wildman–Crippen MR) is 68.5 cm³/mol. The van der Waals surface area contributed by atoms with Gasteiger partial charge in [0.25, 0.3) is 0 Å². The van der Waals surface area contributed by atoms with Crippen molar-refractivity contribution in [1.29, 1.82) is 0 Å². The van der Waals surface area contributed by atoms with E-state index in [1.54, 1.807) is 0 Å². The van der Waals surface area contributed by atoms with Crippen LogP contribution < -0.4 is 0 Å². The third-order valence-electron chi connectivity index (χ3n) is 3.69. The minimum absolute atomic E-state index is 0.0425. The molecule has 1 aliphatic rings. The van der Waals surface area contributed by atoms with Crippen molar-refractivity contribution in [2.45, 2.75) is 24.9 Å². The molecular formula is C14H15F2NO4. The molecule has 5 nitrogen and oxygen atoms in total. The Morgan fingerprint density at radius 1 is 1.24 bits per heavy atom. The van der Waals surface area contributed by atoms with Crippen molar-refractivity contribution in [3.63, 3.8) is 0 Å². The zero-order chi connectivity index (χ0) is 15.6. The number of likely N-dealkylation sites (tertiary alicyclic amines) is 1. The molecule has 1 heterocycles. The third-order valence-corrected chi connectivity index (χ3v) is 3.69. The number of rotatable bonds is 3. The molecule has 1 saturated heterocycles. The van der Waals surface area contributed by atoms with Crippen molar-refractivity contribution in [3.8, 4) is 0 Å². The van der Waals surface area contributed by atoms with Crippen LogP contribution in [0.25, 0.3) is 0 Å². The minimum Gasteiger partial charge on any atom is -0.479 e. The Kier molecular flexibility index (Phi) is 4.22. The van der Waals surface area contributed by atoms with E-state index in [1.807, 2.05) is 0 Å². The monoisotopic (exact) mass is 299 g/mol. The van der Waals surface area contributed by atoms with Gasteiger partial charge in [-0.15, -0.1) is 0 Å². The van der Waals surface area contributed by atoms with E-state index in [4.69, 9.17) is 5.11 Å². The first kappa shape index (κ1) is 15.4. The lowest BCUT2D eigenvalue weighted by Gasteiger charge is -2.35. The zero-order valence-electron chi connectivity index (χ0n) is 11.2. The maximum absolute atomic E-state index is 13.5. The molecule has 1 aliphatic heterocycles. The maximum Gasteiger partial charge on any atom is 0.335 e. The van der Waals surface area contributed by atoms with Crippen LogP contribution in [0.1, 0.15) is 18.4 Å². The smallest absolute Gasteiger partial charge is 0.335 e. The van der Waals surface area contributed by atoms with E-state index in [0.717, 1.165) is 18.2 Å². The molecule has 1 aromatic carbocycles. The van der Waals surface area contributed by atoms with Gasteiger partial charge in [0.15, 0.2) is 5.60 Å². The number of carbonyl (C=O) groups is 2. The highest BCUT2D eigenvalue weighted by Gasteiger charge is 2.40. The summed E-state index contributed by atoms with van der Waals surface area (Å²) >= 11 is 0. The van der Waals surface area contributed by atoms with Crippen LogP contribution in [0.4, 0.5) is 8.78 Å². The van der Waals surface area contributed by atoms with E-state index in [0.29, 0.717) is 0 Å². The molecule has 1 amide bonds. The SMILES string of the molecule is O=C(Cc1cc(F)ccc1F)N1CCC(O)(C(=O)O)CC1. The second kappa shape index (κ2) is 5.77. The Hall–Kier alpha value is -2.02. The number of carboxylic acid groups (broad SMARTS) is 1. The number of aliphatic hydroxyl groups is 1. The Bertz CT molecular complexity index is 568. The molecule has 0 unspecified atom stereocenters. The number of halogens is 2. The molecule has 114 valence electrons. The van der Waals surface area contributed by atoms with E-state index >= 15 is 0 Å². The van der Waals surface area contributed by atoms with Crippen LogP contribution >= 0.6 is 0 Å². The number of piperidine rings is 1. The summed E-state index contributed by atoms with van der Waals surface area (Å²) in [5, 5.41) is 18.7. The van der Waals surface area contributed by atoms with Gasteiger partial charge >= 0.3 is 5.97 Å². The van der Waals surface area contributed by atoms with E-state index in [-0.39, 0.29) is 37.9 Å². The van der Waals surface area contributed by atoms with Gasteiger partial charge in [-0.1, -0.05) is 0 Å². The first-order valence-corrected chi connectivity index (χ1v) is 6.49. The molecule has 1 aromatic rings. The summed E-state index contributed by atoms with van der Waals surface area (Å²) in [5.74, 6) is -3.03. The van der Waals surface area contributed by atoms with Crippen LogP contribution in [0.15, 0.2) is 18.2 Å². The van der Waals surface area contributed by atoms with E-state index < -0.39 is 29.1 Å². The number of hydrogen-bond acceptors (Lipinski definition) is 3.